The van der Waals surface area contributed by atoms with Gasteiger partial charge in [-0.15, -0.1) is 0 Å². The van der Waals surface area contributed by atoms with Gasteiger partial charge in [-0.1, -0.05) is 67.6 Å². The lowest BCUT2D eigenvalue weighted by Gasteiger charge is -2.11. The van der Waals surface area contributed by atoms with E-state index in [1.165, 1.54) is 5.56 Å². The molecule has 3 rings (SSSR count). The van der Waals surface area contributed by atoms with Crippen molar-refractivity contribution in [3.63, 3.8) is 0 Å². The summed E-state index contributed by atoms with van der Waals surface area (Å²) in [6.45, 7) is 2.10. The molecular formula is C21H18O2. The molecule has 0 radical (unpaired) electrons. The first-order chi connectivity index (χ1) is 11.3. The number of hydrogen-bond donors (Lipinski definition) is 0. The van der Waals surface area contributed by atoms with Crippen LogP contribution in [0.15, 0.2) is 78.9 Å². The first kappa shape index (κ1) is 15.0. The molecule has 2 heteroatoms. The average Bonchev–Trinajstić information content (AvgIpc) is 2.62. The second-order valence-electron chi connectivity index (χ2n) is 5.30. The number of para-hydroxylation sites is 1. The van der Waals surface area contributed by atoms with Crippen molar-refractivity contribution in [2.45, 2.75) is 13.3 Å². The largest absolute Gasteiger partial charge is 0.423 e. The highest BCUT2D eigenvalue weighted by molar-refractivity contribution is 5.98. The Morgan fingerprint density at radius 3 is 2.17 bits per heavy atom. The number of carbonyl (C=O) groups is 1. The van der Waals surface area contributed by atoms with Crippen LogP contribution in [0.3, 0.4) is 0 Å². The van der Waals surface area contributed by atoms with Crippen molar-refractivity contribution in [1.29, 1.82) is 0 Å². The molecule has 0 amide bonds. The summed E-state index contributed by atoms with van der Waals surface area (Å²) in [6, 6.07) is 25.0. The zero-order valence-electron chi connectivity index (χ0n) is 13.0. The monoisotopic (exact) mass is 302 g/mol. The molecule has 3 aromatic rings. The molecular weight excluding hydrogens is 284 g/mol. The fourth-order valence-corrected chi connectivity index (χ4v) is 2.50. The smallest absolute Gasteiger partial charge is 0.344 e. The summed E-state index contributed by atoms with van der Waals surface area (Å²) in [6.07, 6.45) is 0.924. The molecule has 0 spiro atoms. The van der Waals surface area contributed by atoms with Crippen molar-refractivity contribution in [2.75, 3.05) is 0 Å². The Kier molecular flexibility index (Phi) is 4.53. The van der Waals surface area contributed by atoms with Crippen molar-refractivity contribution in [2.24, 2.45) is 0 Å². The molecule has 0 fully saturated rings. The fourth-order valence-electron chi connectivity index (χ4n) is 2.50. The first-order valence-corrected chi connectivity index (χ1v) is 7.73. The normalized spacial score (nSPS) is 10.3. The molecule has 0 unspecified atom stereocenters. The number of hydrogen-bond acceptors (Lipinski definition) is 2. The maximum absolute atomic E-state index is 12.6. The van der Waals surface area contributed by atoms with E-state index in [4.69, 9.17) is 4.74 Å². The Morgan fingerprint density at radius 2 is 1.52 bits per heavy atom. The van der Waals surface area contributed by atoms with Crippen molar-refractivity contribution in [3.05, 3.63) is 90.0 Å². The van der Waals surface area contributed by atoms with Gasteiger partial charge in [-0.3, -0.25) is 0 Å². The van der Waals surface area contributed by atoms with Crippen LogP contribution in [0.5, 0.6) is 5.75 Å². The molecule has 0 aliphatic rings. The van der Waals surface area contributed by atoms with E-state index < -0.39 is 0 Å². The predicted octanol–water partition coefficient (Wildman–Crippen LogP) is 5.14. The molecule has 0 saturated carbocycles. The Hall–Kier alpha value is -2.87. The van der Waals surface area contributed by atoms with Crippen molar-refractivity contribution >= 4 is 5.97 Å². The highest BCUT2D eigenvalue weighted by Gasteiger charge is 2.15. The van der Waals surface area contributed by atoms with Crippen LogP contribution in [-0.4, -0.2) is 5.97 Å². The summed E-state index contributed by atoms with van der Waals surface area (Å²) in [7, 11) is 0. The summed E-state index contributed by atoms with van der Waals surface area (Å²) in [4.78, 5) is 12.6. The Labute approximate surface area is 136 Å². The SMILES string of the molecule is CCc1ccc(C(=O)Oc2ccccc2)c(-c2ccccc2)c1. The average molecular weight is 302 g/mol. The van der Waals surface area contributed by atoms with E-state index in [0.717, 1.165) is 17.5 Å². The van der Waals surface area contributed by atoms with E-state index in [2.05, 4.69) is 13.0 Å². The number of rotatable bonds is 4. The lowest BCUT2D eigenvalue weighted by molar-refractivity contribution is 0.0735. The number of aryl methyl sites for hydroxylation is 1. The number of esters is 1. The second-order valence-corrected chi connectivity index (χ2v) is 5.30. The summed E-state index contributed by atoms with van der Waals surface area (Å²) < 4.78 is 5.50. The zero-order chi connectivity index (χ0) is 16.1. The minimum Gasteiger partial charge on any atom is -0.423 e. The van der Waals surface area contributed by atoms with E-state index in [1.54, 1.807) is 12.1 Å². The van der Waals surface area contributed by atoms with Crippen LogP contribution in [-0.2, 0) is 6.42 Å². The van der Waals surface area contributed by atoms with Crippen LogP contribution in [0.4, 0.5) is 0 Å². The molecule has 114 valence electrons. The van der Waals surface area contributed by atoms with Crippen molar-refractivity contribution in [1.82, 2.24) is 0 Å². The molecule has 0 saturated heterocycles. The van der Waals surface area contributed by atoms with Crippen LogP contribution >= 0.6 is 0 Å². The Balaban J connectivity index is 2.00. The topological polar surface area (TPSA) is 26.3 Å². The molecule has 3 aromatic carbocycles. The number of benzene rings is 3. The molecule has 2 nitrogen and oxygen atoms in total. The molecule has 0 aliphatic heterocycles. The third-order valence-electron chi connectivity index (χ3n) is 3.75. The van der Waals surface area contributed by atoms with Gasteiger partial charge >= 0.3 is 5.97 Å². The third kappa shape index (κ3) is 3.49. The zero-order valence-corrected chi connectivity index (χ0v) is 13.0. The Morgan fingerprint density at radius 1 is 0.870 bits per heavy atom. The summed E-state index contributed by atoms with van der Waals surface area (Å²) in [5.41, 5.74) is 3.70. The highest BCUT2D eigenvalue weighted by Crippen LogP contribution is 2.26. The molecule has 0 bridgehead atoms. The molecule has 0 aliphatic carbocycles. The summed E-state index contributed by atoms with van der Waals surface area (Å²) in [5, 5.41) is 0. The van der Waals surface area contributed by atoms with E-state index in [9.17, 15) is 4.79 Å². The molecule has 0 N–H and O–H groups in total. The van der Waals surface area contributed by atoms with Gasteiger partial charge in [-0.25, -0.2) is 4.79 Å². The maximum Gasteiger partial charge on any atom is 0.344 e. The van der Waals surface area contributed by atoms with E-state index in [0.29, 0.717) is 11.3 Å². The Bertz CT molecular complexity index is 793. The minimum atomic E-state index is -0.335. The van der Waals surface area contributed by atoms with E-state index >= 15 is 0 Å². The number of carbonyl (C=O) groups excluding carboxylic acids is 1. The van der Waals surface area contributed by atoms with Gasteiger partial charge in [0, 0.05) is 0 Å². The van der Waals surface area contributed by atoms with Gasteiger partial charge in [0.05, 0.1) is 5.56 Å². The quantitative estimate of drug-likeness (QED) is 0.493. The fraction of sp³-hybridized carbons (Fsp3) is 0.0952. The van der Waals surface area contributed by atoms with Gasteiger partial charge in [0.25, 0.3) is 0 Å². The van der Waals surface area contributed by atoms with Gasteiger partial charge in [0.1, 0.15) is 5.75 Å². The highest BCUT2D eigenvalue weighted by atomic mass is 16.5. The lowest BCUT2D eigenvalue weighted by atomic mass is 9.96. The van der Waals surface area contributed by atoms with Crippen LogP contribution in [0.2, 0.25) is 0 Å². The van der Waals surface area contributed by atoms with Gasteiger partial charge in [0.2, 0.25) is 0 Å². The molecule has 0 atom stereocenters. The minimum absolute atomic E-state index is 0.335. The predicted molar refractivity (Wildman–Crippen MR) is 92.7 cm³/mol. The standard InChI is InChI=1S/C21H18O2/c1-2-16-13-14-19(20(15-16)17-9-5-3-6-10-17)21(22)23-18-11-7-4-8-12-18/h3-15H,2H2,1H3. The van der Waals surface area contributed by atoms with Gasteiger partial charge in [-0.05, 0) is 41.3 Å². The van der Waals surface area contributed by atoms with Gasteiger partial charge in [0.15, 0.2) is 0 Å². The van der Waals surface area contributed by atoms with E-state index in [1.807, 2.05) is 60.7 Å². The third-order valence-corrected chi connectivity index (χ3v) is 3.75. The van der Waals surface area contributed by atoms with Crippen molar-refractivity contribution < 1.29 is 9.53 Å². The van der Waals surface area contributed by atoms with Crippen LogP contribution in [0.25, 0.3) is 11.1 Å². The molecule has 0 aromatic heterocycles. The summed E-state index contributed by atoms with van der Waals surface area (Å²) in [5.74, 6) is 0.216. The number of ether oxygens (including phenoxy) is 1. The van der Waals surface area contributed by atoms with Crippen LogP contribution in [0.1, 0.15) is 22.8 Å². The van der Waals surface area contributed by atoms with Crippen LogP contribution < -0.4 is 4.74 Å². The van der Waals surface area contributed by atoms with Crippen molar-refractivity contribution in [3.8, 4) is 16.9 Å². The molecule has 0 heterocycles. The van der Waals surface area contributed by atoms with Gasteiger partial charge < -0.3 is 4.74 Å². The maximum atomic E-state index is 12.6. The van der Waals surface area contributed by atoms with Gasteiger partial charge in [-0.2, -0.15) is 0 Å². The first-order valence-electron chi connectivity index (χ1n) is 7.73. The van der Waals surface area contributed by atoms with Crippen LogP contribution in [0, 0.1) is 0 Å². The summed E-state index contributed by atoms with van der Waals surface area (Å²) >= 11 is 0. The molecule has 23 heavy (non-hydrogen) atoms. The lowest BCUT2D eigenvalue weighted by Crippen LogP contribution is -2.10. The van der Waals surface area contributed by atoms with E-state index in [-0.39, 0.29) is 5.97 Å². The second kappa shape index (κ2) is 6.93.